The van der Waals surface area contributed by atoms with Crippen molar-refractivity contribution in [2.75, 3.05) is 5.73 Å². The van der Waals surface area contributed by atoms with Crippen LogP contribution in [0.25, 0.3) is 22.2 Å². The van der Waals surface area contributed by atoms with Gasteiger partial charge in [0, 0.05) is 5.69 Å². The molecule has 1 heterocycles. The molecular formula is C13H9FN2O. The summed E-state index contributed by atoms with van der Waals surface area (Å²) in [6.07, 6.45) is 0. The summed E-state index contributed by atoms with van der Waals surface area (Å²) in [5, 5.41) is 4.60. The van der Waals surface area contributed by atoms with Gasteiger partial charge in [-0.2, -0.15) is 0 Å². The first-order chi connectivity index (χ1) is 8.25. The molecule has 0 aliphatic rings. The maximum Gasteiger partial charge on any atom is 0.177 e. The molecule has 2 aromatic carbocycles. The highest BCUT2D eigenvalue weighted by atomic mass is 19.1. The van der Waals surface area contributed by atoms with Gasteiger partial charge >= 0.3 is 0 Å². The van der Waals surface area contributed by atoms with E-state index in [2.05, 4.69) is 5.16 Å². The van der Waals surface area contributed by atoms with Gasteiger partial charge in [0.2, 0.25) is 0 Å². The predicted octanol–water partition coefficient (Wildman–Crippen LogP) is 3.22. The van der Waals surface area contributed by atoms with Crippen molar-refractivity contribution in [2.45, 2.75) is 0 Å². The Morgan fingerprint density at radius 2 is 1.94 bits per heavy atom. The van der Waals surface area contributed by atoms with E-state index in [1.54, 1.807) is 36.4 Å². The van der Waals surface area contributed by atoms with Gasteiger partial charge in [-0.05, 0) is 30.3 Å². The van der Waals surface area contributed by atoms with Gasteiger partial charge in [-0.3, -0.25) is 0 Å². The SMILES string of the molecule is Nc1ccc2noc(-c3ccccc3F)c2c1. The molecule has 0 saturated heterocycles. The number of rotatable bonds is 1. The smallest absolute Gasteiger partial charge is 0.177 e. The lowest BCUT2D eigenvalue weighted by Gasteiger charge is -1.98. The molecule has 0 aliphatic carbocycles. The Balaban J connectivity index is 2.31. The highest BCUT2D eigenvalue weighted by molar-refractivity contribution is 5.93. The quantitative estimate of drug-likeness (QED) is 0.650. The van der Waals surface area contributed by atoms with Crippen LogP contribution in [0.2, 0.25) is 0 Å². The van der Waals surface area contributed by atoms with Gasteiger partial charge in [-0.15, -0.1) is 0 Å². The standard InChI is InChI=1S/C13H9FN2O/c14-11-4-2-1-3-9(11)13-10-7-8(15)5-6-12(10)16-17-13/h1-7H,15H2. The maximum absolute atomic E-state index is 13.7. The van der Waals surface area contributed by atoms with Crippen LogP contribution in [0.1, 0.15) is 0 Å². The molecule has 0 bridgehead atoms. The van der Waals surface area contributed by atoms with Gasteiger partial charge < -0.3 is 10.3 Å². The zero-order chi connectivity index (χ0) is 11.8. The lowest BCUT2D eigenvalue weighted by Crippen LogP contribution is -1.84. The molecular weight excluding hydrogens is 219 g/mol. The van der Waals surface area contributed by atoms with Crippen molar-refractivity contribution in [3.05, 3.63) is 48.3 Å². The minimum absolute atomic E-state index is 0.340. The minimum atomic E-state index is -0.340. The number of nitrogen functional groups attached to an aromatic ring is 1. The largest absolute Gasteiger partial charge is 0.399 e. The zero-order valence-corrected chi connectivity index (χ0v) is 8.85. The van der Waals surface area contributed by atoms with E-state index in [4.69, 9.17) is 10.3 Å². The Morgan fingerprint density at radius 3 is 2.76 bits per heavy atom. The third-order valence-electron chi connectivity index (χ3n) is 2.62. The number of benzene rings is 2. The molecule has 0 fully saturated rings. The Labute approximate surface area is 96.6 Å². The van der Waals surface area contributed by atoms with Crippen molar-refractivity contribution >= 4 is 16.6 Å². The Hall–Kier alpha value is -2.36. The summed E-state index contributed by atoms with van der Waals surface area (Å²) < 4.78 is 18.9. The van der Waals surface area contributed by atoms with Gasteiger partial charge in [0.15, 0.2) is 5.76 Å². The number of hydrogen-bond acceptors (Lipinski definition) is 3. The van der Waals surface area contributed by atoms with Crippen LogP contribution >= 0.6 is 0 Å². The Morgan fingerprint density at radius 1 is 1.12 bits per heavy atom. The van der Waals surface area contributed by atoms with E-state index < -0.39 is 0 Å². The van der Waals surface area contributed by atoms with Crippen LogP contribution in [0.5, 0.6) is 0 Å². The summed E-state index contributed by atoms with van der Waals surface area (Å²) >= 11 is 0. The van der Waals surface area contributed by atoms with Crippen molar-refractivity contribution < 1.29 is 8.91 Å². The number of aromatic nitrogens is 1. The number of halogens is 1. The zero-order valence-electron chi connectivity index (χ0n) is 8.85. The summed E-state index contributed by atoms with van der Waals surface area (Å²) in [5.74, 6) is 0.0679. The second-order valence-corrected chi connectivity index (χ2v) is 3.77. The van der Waals surface area contributed by atoms with Crippen LogP contribution in [-0.4, -0.2) is 5.16 Å². The van der Waals surface area contributed by atoms with Gasteiger partial charge in [0.05, 0.1) is 10.9 Å². The first kappa shape index (κ1) is 9.84. The monoisotopic (exact) mass is 228 g/mol. The van der Waals surface area contributed by atoms with Crippen molar-refractivity contribution in [3.63, 3.8) is 0 Å². The van der Waals surface area contributed by atoms with Crippen LogP contribution in [0.15, 0.2) is 47.0 Å². The summed E-state index contributed by atoms with van der Waals surface area (Å²) in [6.45, 7) is 0. The molecule has 0 unspecified atom stereocenters. The first-order valence-electron chi connectivity index (χ1n) is 5.15. The third kappa shape index (κ3) is 1.54. The Kier molecular flexibility index (Phi) is 2.08. The lowest BCUT2D eigenvalue weighted by atomic mass is 10.1. The number of hydrogen-bond donors (Lipinski definition) is 1. The predicted molar refractivity (Wildman–Crippen MR) is 63.8 cm³/mol. The van der Waals surface area contributed by atoms with Crippen molar-refractivity contribution in [2.24, 2.45) is 0 Å². The first-order valence-corrected chi connectivity index (χ1v) is 5.15. The fourth-order valence-corrected chi connectivity index (χ4v) is 1.80. The molecule has 17 heavy (non-hydrogen) atoms. The van der Waals surface area contributed by atoms with Gasteiger partial charge in [-0.1, -0.05) is 17.3 Å². The molecule has 84 valence electrons. The van der Waals surface area contributed by atoms with Gasteiger partial charge in [-0.25, -0.2) is 4.39 Å². The molecule has 0 amide bonds. The van der Waals surface area contributed by atoms with E-state index in [0.29, 0.717) is 22.5 Å². The van der Waals surface area contributed by atoms with Crippen molar-refractivity contribution in [3.8, 4) is 11.3 Å². The van der Waals surface area contributed by atoms with Crippen LogP contribution in [0.4, 0.5) is 10.1 Å². The molecule has 0 aliphatic heterocycles. The Bertz CT molecular complexity index is 691. The molecule has 3 rings (SSSR count). The van der Waals surface area contributed by atoms with E-state index in [-0.39, 0.29) is 5.82 Å². The molecule has 1 aromatic heterocycles. The van der Waals surface area contributed by atoms with Crippen LogP contribution in [0.3, 0.4) is 0 Å². The highest BCUT2D eigenvalue weighted by Crippen LogP contribution is 2.31. The summed E-state index contributed by atoms with van der Waals surface area (Å²) in [7, 11) is 0. The molecule has 0 atom stereocenters. The van der Waals surface area contributed by atoms with Crippen LogP contribution in [-0.2, 0) is 0 Å². The molecule has 2 N–H and O–H groups in total. The summed E-state index contributed by atoms with van der Waals surface area (Å²) in [4.78, 5) is 0. The fourth-order valence-electron chi connectivity index (χ4n) is 1.80. The average molecular weight is 228 g/mol. The molecule has 0 saturated carbocycles. The number of nitrogens with two attached hydrogens (primary N) is 1. The van der Waals surface area contributed by atoms with Crippen molar-refractivity contribution in [1.82, 2.24) is 5.16 Å². The van der Waals surface area contributed by atoms with E-state index in [1.165, 1.54) is 6.07 Å². The second kappa shape index (κ2) is 3.59. The highest BCUT2D eigenvalue weighted by Gasteiger charge is 2.14. The third-order valence-corrected chi connectivity index (χ3v) is 2.62. The summed E-state index contributed by atoms with van der Waals surface area (Å²) in [6, 6.07) is 11.6. The van der Waals surface area contributed by atoms with E-state index >= 15 is 0 Å². The average Bonchev–Trinajstić information content (AvgIpc) is 2.72. The summed E-state index contributed by atoms with van der Waals surface area (Å²) in [5.41, 5.74) is 7.35. The topological polar surface area (TPSA) is 52.0 Å². The molecule has 3 aromatic rings. The van der Waals surface area contributed by atoms with E-state index in [9.17, 15) is 4.39 Å². The molecule has 3 nitrogen and oxygen atoms in total. The van der Waals surface area contributed by atoms with Gasteiger partial charge in [0.25, 0.3) is 0 Å². The lowest BCUT2D eigenvalue weighted by molar-refractivity contribution is 0.438. The molecule has 0 spiro atoms. The van der Waals surface area contributed by atoms with Crippen molar-refractivity contribution in [1.29, 1.82) is 0 Å². The number of nitrogens with zero attached hydrogens (tertiary/aromatic N) is 1. The fraction of sp³-hybridized carbons (Fsp3) is 0. The maximum atomic E-state index is 13.7. The van der Waals surface area contributed by atoms with Gasteiger partial charge in [0.1, 0.15) is 11.3 Å². The van der Waals surface area contributed by atoms with E-state index in [1.807, 2.05) is 0 Å². The van der Waals surface area contributed by atoms with Crippen LogP contribution < -0.4 is 5.73 Å². The molecule has 0 radical (unpaired) electrons. The second-order valence-electron chi connectivity index (χ2n) is 3.77. The number of fused-ring (bicyclic) bond motifs is 1. The number of anilines is 1. The molecule has 4 heteroatoms. The van der Waals surface area contributed by atoms with E-state index in [0.717, 1.165) is 5.39 Å². The minimum Gasteiger partial charge on any atom is -0.399 e. The normalized spacial score (nSPS) is 10.9. The van der Waals surface area contributed by atoms with Crippen LogP contribution in [0, 0.1) is 5.82 Å².